The first-order valence-electron chi connectivity index (χ1n) is 8.99. The van der Waals surface area contributed by atoms with E-state index in [1.54, 1.807) is 13.8 Å². The first kappa shape index (κ1) is 19.2. The Labute approximate surface area is 159 Å². The highest BCUT2D eigenvalue weighted by molar-refractivity contribution is 7.88. The number of likely N-dealkylation sites (N-methyl/N-ethyl adjacent to an activating group) is 2. The first-order chi connectivity index (χ1) is 12.9. The van der Waals surface area contributed by atoms with Crippen molar-refractivity contribution in [3.63, 3.8) is 0 Å². The Hall–Kier alpha value is -2.61. The largest absolute Gasteiger partial charge is 0.372 e. The van der Waals surface area contributed by atoms with Crippen LogP contribution < -0.4 is 0 Å². The van der Waals surface area contributed by atoms with Gasteiger partial charge in [0.1, 0.15) is 5.57 Å². The second kappa shape index (κ2) is 7.56. The maximum absolute atomic E-state index is 12.6. The van der Waals surface area contributed by atoms with Gasteiger partial charge in [-0.3, -0.25) is 9.59 Å². The van der Waals surface area contributed by atoms with Crippen molar-refractivity contribution < 1.29 is 18.0 Å². The molecule has 0 unspecified atom stereocenters. The summed E-state index contributed by atoms with van der Waals surface area (Å²) in [6.07, 6.45) is 4.35. The SMILES string of the molecule is CCN1C(=O)C(=CN2CC=C(c3ccccc3)CC2)C(=O)N(CC)S1(=O)=O. The van der Waals surface area contributed by atoms with Crippen LogP contribution in [-0.2, 0) is 19.8 Å². The molecule has 0 bridgehead atoms. The van der Waals surface area contributed by atoms with Crippen LogP contribution in [0, 0.1) is 0 Å². The van der Waals surface area contributed by atoms with Crippen molar-refractivity contribution >= 4 is 27.6 Å². The van der Waals surface area contributed by atoms with Gasteiger partial charge in [-0.2, -0.15) is 8.42 Å². The molecule has 1 saturated heterocycles. The molecule has 0 saturated carbocycles. The van der Waals surface area contributed by atoms with Crippen molar-refractivity contribution in [2.24, 2.45) is 0 Å². The number of carbonyl (C=O) groups excluding carboxylic acids is 2. The maximum Gasteiger partial charge on any atom is 0.331 e. The normalized spacial score (nSPS) is 20.0. The molecular weight excluding hydrogens is 366 g/mol. The number of benzene rings is 1. The van der Waals surface area contributed by atoms with E-state index in [0.717, 1.165) is 20.6 Å². The molecule has 2 aliphatic rings. The number of hydrogen-bond donors (Lipinski definition) is 0. The summed E-state index contributed by atoms with van der Waals surface area (Å²) in [5.74, 6) is -1.52. The highest BCUT2D eigenvalue weighted by Gasteiger charge is 2.45. The molecule has 0 aliphatic carbocycles. The minimum Gasteiger partial charge on any atom is -0.372 e. The standard InChI is InChI=1S/C19H23N3O4S/c1-3-21-18(23)17(19(24)22(4-2)27(21,25)26)14-20-12-10-16(11-13-20)15-8-6-5-7-9-15/h5-10,14H,3-4,11-13H2,1-2H3. The van der Waals surface area contributed by atoms with Gasteiger partial charge in [-0.15, -0.1) is 0 Å². The monoisotopic (exact) mass is 389 g/mol. The Balaban J connectivity index is 1.85. The third-order valence-corrected chi connectivity index (χ3v) is 6.70. The van der Waals surface area contributed by atoms with Crippen molar-refractivity contribution in [1.29, 1.82) is 0 Å². The van der Waals surface area contributed by atoms with Gasteiger partial charge < -0.3 is 4.90 Å². The average molecular weight is 389 g/mol. The number of nitrogens with zero attached hydrogens (tertiary/aromatic N) is 3. The van der Waals surface area contributed by atoms with Crippen molar-refractivity contribution in [2.45, 2.75) is 20.3 Å². The van der Waals surface area contributed by atoms with Gasteiger partial charge in [0.2, 0.25) is 0 Å². The minimum atomic E-state index is -4.09. The lowest BCUT2D eigenvalue weighted by Crippen LogP contribution is -2.56. The molecule has 0 N–H and O–H groups in total. The third kappa shape index (κ3) is 3.49. The summed E-state index contributed by atoms with van der Waals surface area (Å²) in [5.41, 5.74) is 2.28. The van der Waals surface area contributed by atoms with Crippen LogP contribution >= 0.6 is 0 Å². The molecule has 1 aromatic carbocycles. The third-order valence-electron chi connectivity index (χ3n) is 4.74. The molecule has 0 atom stereocenters. The van der Waals surface area contributed by atoms with Crippen LogP contribution in [0.5, 0.6) is 0 Å². The van der Waals surface area contributed by atoms with Crippen LogP contribution in [0.25, 0.3) is 5.57 Å². The summed E-state index contributed by atoms with van der Waals surface area (Å²) in [7, 11) is -4.09. The number of amides is 2. The fourth-order valence-electron chi connectivity index (χ4n) is 3.31. The van der Waals surface area contributed by atoms with Crippen LogP contribution in [0.2, 0.25) is 0 Å². The molecule has 2 amide bonds. The molecule has 8 heteroatoms. The molecule has 0 spiro atoms. The highest BCUT2D eigenvalue weighted by atomic mass is 32.2. The maximum atomic E-state index is 12.6. The summed E-state index contributed by atoms with van der Waals surface area (Å²) >= 11 is 0. The molecule has 1 fully saturated rings. The molecule has 2 heterocycles. The lowest BCUT2D eigenvalue weighted by Gasteiger charge is -2.35. The highest BCUT2D eigenvalue weighted by Crippen LogP contribution is 2.25. The van der Waals surface area contributed by atoms with Crippen LogP contribution in [0.3, 0.4) is 0 Å². The van der Waals surface area contributed by atoms with Gasteiger partial charge in [-0.05, 0) is 31.4 Å². The lowest BCUT2D eigenvalue weighted by molar-refractivity contribution is -0.131. The Morgan fingerprint density at radius 3 is 2.07 bits per heavy atom. The Morgan fingerprint density at radius 1 is 1.00 bits per heavy atom. The van der Waals surface area contributed by atoms with Crippen molar-refractivity contribution in [3.05, 3.63) is 53.7 Å². The van der Waals surface area contributed by atoms with E-state index in [0.29, 0.717) is 13.1 Å². The van der Waals surface area contributed by atoms with Crippen molar-refractivity contribution in [1.82, 2.24) is 13.5 Å². The summed E-state index contributed by atoms with van der Waals surface area (Å²) in [6, 6.07) is 10.1. The van der Waals surface area contributed by atoms with Crippen LogP contribution in [0.1, 0.15) is 25.8 Å². The number of carbonyl (C=O) groups is 2. The molecule has 144 valence electrons. The molecule has 3 rings (SSSR count). The lowest BCUT2D eigenvalue weighted by atomic mass is 10.00. The van der Waals surface area contributed by atoms with E-state index >= 15 is 0 Å². The van der Waals surface area contributed by atoms with Crippen LogP contribution in [0.4, 0.5) is 0 Å². The summed E-state index contributed by atoms with van der Waals surface area (Å²) in [5, 5.41) is 0. The zero-order valence-corrected chi connectivity index (χ0v) is 16.3. The summed E-state index contributed by atoms with van der Waals surface area (Å²) in [4.78, 5) is 27.1. The number of hydrogen-bond acceptors (Lipinski definition) is 5. The molecule has 7 nitrogen and oxygen atoms in total. The van der Waals surface area contributed by atoms with Crippen LogP contribution in [0.15, 0.2) is 48.2 Å². The van der Waals surface area contributed by atoms with Gasteiger partial charge >= 0.3 is 10.2 Å². The van der Waals surface area contributed by atoms with E-state index < -0.39 is 22.0 Å². The fourth-order valence-corrected chi connectivity index (χ4v) is 4.82. The molecule has 1 aromatic rings. The second-order valence-corrected chi connectivity index (χ2v) is 8.11. The summed E-state index contributed by atoms with van der Waals surface area (Å²) < 4.78 is 26.3. The molecule has 0 radical (unpaired) electrons. The minimum absolute atomic E-state index is 0.0135. The van der Waals surface area contributed by atoms with E-state index in [9.17, 15) is 18.0 Å². The average Bonchev–Trinajstić information content (AvgIpc) is 2.67. The Morgan fingerprint density at radius 2 is 1.59 bits per heavy atom. The van der Waals surface area contributed by atoms with E-state index in [-0.39, 0.29) is 18.7 Å². The topological polar surface area (TPSA) is 78.0 Å². The number of rotatable bonds is 4. The molecule has 0 aromatic heterocycles. The van der Waals surface area contributed by atoms with Crippen molar-refractivity contribution in [2.75, 3.05) is 26.2 Å². The van der Waals surface area contributed by atoms with Gasteiger partial charge in [0.15, 0.2) is 0 Å². The van der Waals surface area contributed by atoms with Gasteiger partial charge in [-0.25, -0.2) is 8.61 Å². The predicted molar refractivity (Wildman–Crippen MR) is 102 cm³/mol. The second-order valence-electron chi connectivity index (χ2n) is 6.33. The van der Waals surface area contributed by atoms with E-state index in [1.165, 1.54) is 11.8 Å². The zero-order valence-electron chi connectivity index (χ0n) is 15.5. The molecular formula is C19H23N3O4S. The first-order valence-corrected chi connectivity index (χ1v) is 10.4. The Bertz CT molecular complexity index is 874. The van der Waals surface area contributed by atoms with Gasteiger partial charge in [-0.1, -0.05) is 36.4 Å². The molecule has 2 aliphatic heterocycles. The van der Waals surface area contributed by atoms with E-state index in [1.807, 2.05) is 23.1 Å². The zero-order chi connectivity index (χ0) is 19.6. The Kier molecular flexibility index (Phi) is 5.36. The van der Waals surface area contributed by atoms with E-state index in [2.05, 4.69) is 18.2 Å². The predicted octanol–water partition coefficient (Wildman–Crippen LogP) is 1.62. The van der Waals surface area contributed by atoms with Crippen molar-refractivity contribution in [3.8, 4) is 0 Å². The van der Waals surface area contributed by atoms with E-state index in [4.69, 9.17) is 0 Å². The van der Waals surface area contributed by atoms with Crippen LogP contribution in [-0.4, -0.2) is 59.9 Å². The quantitative estimate of drug-likeness (QED) is 0.578. The fraction of sp³-hybridized carbons (Fsp3) is 0.368. The van der Waals surface area contributed by atoms with Gasteiger partial charge in [0, 0.05) is 32.4 Å². The smallest absolute Gasteiger partial charge is 0.331 e. The van der Waals surface area contributed by atoms with Gasteiger partial charge in [0.05, 0.1) is 0 Å². The summed E-state index contributed by atoms with van der Waals surface area (Å²) in [6.45, 7) is 4.33. The van der Waals surface area contributed by atoms with Gasteiger partial charge in [0.25, 0.3) is 11.8 Å². The molecule has 27 heavy (non-hydrogen) atoms.